The van der Waals surface area contributed by atoms with Crippen molar-refractivity contribution < 1.29 is 14.7 Å². The van der Waals surface area contributed by atoms with Crippen molar-refractivity contribution in [2.45, 2.75) is 6.10 Å². The fraction of sp³-hybridized carbons (Fsp3) is 0.182. The summed E-state index contributed by atoms with van der Waals surface area (Å²) in [6.45, 7) is -0.223. The minimum Gasteiger partial charge on any atom is -0.381 e. The van der Waals surface area contributed by atoms with E-state index >= 15 is 0 Å². The van der Waals surface area contributed by atoms with E-state index in [1.165, 1.54) is 11.3 Å². The van der Waals surface area contributed by atoms with Crippen molar-refractivity contribution in [2.75, 3.05) is 6.54 Å². The van der Waals surface area contributed by atoms with Gasteiger partial charge in [0.2, 0.25) is 5.91 Å². The maximum absolute atomic E-state index is 11.7. The SMILES string of the molecule is NC(=O)C(O)CNC(=O)c1csc(-c2ccsc2)n1. The molecule has 1 unspecified atom stereocenters. The summed E-state index contributed by atoms with van der Waals surface area (Å²) in [5, 5.41) is 17.8. The van der Waals surface area contributed by atoms with Gasteiger partial charge in [0.25, 0.3) is 5.91 Å². The van der Waals surface area contributed by atoms with Crippen LogP contribution in [0.15, 0.2) is 22.2 Å². The van der Waals surface area contributed by atoms with Gasteiger partial charge in [-0.15, -0.1) is 11.3 Å². The molecule has 0 saturated carbocycles. The van der Waals surface area contributed by atoms with E-state index in [0.29, 0.717) is 0 Å². The van der Waals surface area contributed by atoms with Crippen molar-refractivity contribution in [3.8, 4) is 10.6 Å². The van der Waals surface area contributed by atoms with E-state index in [4.69, 9.17) is 5.73 Å². The summed E-state index contributed by atoms with van der Waals surface area (Å²) in [5.74, 6) is -1.32. The Labute approximate surface area is 116 Å². The zero-order valence-electron chi connectivity index (χ0n) is 9.70. The quantitative estimate of drug-likeness (QED) is 0.745. The molecular weight excluding hydrogens is 286 g/mol. The molecule has 0 aliphatic carbocycles. The highest BCUT2D eigenvalue weighted by Gasteiger charge is 2.15. The van der Waals surface area contributed by atoms with Gasteiger partial charge in [-0.2, -0.15) is 11.3 Å². The van der Waals surface area contributed by atoms with E-state index in [1.54, 1.807) is 16.7 Å². The van der Waals surface area contributed by atoms with Crippen LogP contribution in [-0.4, -0.2) is 34.6 Å². The molecule has 0 saturated heterocycles. The molecule has 2 aromatic rings. The highest BCUT2D eigenvalue weighted by atomic mass is 32.1. The van der Waals surface area contributed by atoms with Crippen LogP contribution in [0.3, 0.4) is 0 Å². The lowest BCUT2D eigenvalue weighted by atomic mass is 10.3. The van der Waals surface area contributed by atoms with Crippen molar-refractivity contribution in [3.05, 3.63) is 27.9 Å². The van der Waals surface area contributed by atoms with Gasteiger partial charge in [-0.3, -0.25) is 9.59 Å². The zero-order chi connectivity index (χ0) is 13.8. The number of nitrogens with zero attached hydrogens (tertiary/aromatic N) is 1. The number of rotatable bonds is 5. The van der Waals surface area contributed by atoms with Gasteiger partial charge in [0.05, 0.1) is 6.54 Å². The van der Waals surface area contributed by atoms with Crippen LogP contribution in [0, 0.1) is 0 Å². The van der Waals surface area contributed by atoms with Gasteiger partial charge in [0.15, 0.2) is 0 Å². The molecule has 4 N–H and O–H groups in total. The molecule has 8 heteroatoms. The molecule has 6 nitrogen and oxygen atoms in total. The lowest BCUT2D eigenvalue weighted by molar-refractivity contribution is -0.125. The molecular formula is C11H11N3O3S2. The molecule has 0 fully saturated rings. The third-order valence-corrected chi connectivity index (χ3v) is 3.86. The second-order valence-electron chi connectivity index (χ2n) is 3.68. The van der Waals surface area contributed by atoms with Crippen molar-refractivity contribution in [3.63, 3.8) is 0 Å². The van der Waals surface area contributed by atoms with E-state index in [1.807, 2.05) is 16.8 Å². The Morgan fingerprint density at radius 1 is 1.47 bits per heavy atom. The Morgan fingerprint density at radius 2 is 2.26 bits per heavy atom. The highest BCUT2D eigenvalue weighted by molar-refractivity contribution is 7.14. The molecule has 2 heterocycles. The maximum atomic E-state index is 11.7. The van der Waals surface area contributed by atoms with Gasteiger partial charge in [-0.1, -0.05) is 0 Å². The number of hydrogen-bond donors (Lipinski definition) is 3. The van der Waals surface area contributed by atoms with Crippen LogP contribution in [0.2, 0.25) is 0 Å². The monoisotopic (exact) mass is 297 g/mol. The maximum Gasteiger partial charge on any atom is 0.270 e. The summed E-state index contributed by atoms with van der Waals surface area (Å²) in [5.41, 5.74) is 6.09. The second-order valence-corrected chi connectivity index (χ2v) is 5.32. The van der Waals surface area contributed by atoms with E-state index < -0.39 is 17.9 Å². The Hall–Kier alpha value is -1.77. The first kappa shape index (κ1) is 13.7. The van der Waals surface area contributed by atoms with Gasteiger partial charge >= 0.3 is 0 Å². The van der Waals surface area contributed by atoms with E-state index in [9.17, 15) is 14.7 Å². The number of primary amides is 1. The summed E-state index contributed by atoms with van der Waals surface area (Å²) < 4.78 is 0. The number of amides is 2. The van der Waals surface area contributed by atoms with Crippen LogP contribution in [0.4, 0.5) is 0 Å². The van der Waals surface area contributed by atoms with Crippen LogP contribution in [0.25, 0.3) is 10.6 Å². The Morgan fingerprint density at radius 3 is 2.89 bits per heavy atom. The molecule has 0 radical (unpaired) electrons. The van der Waals surface area contributed by atoms with Gasteiger partial charge in [-0.05, 0) is 11.4 Å². The number of aliphatic hydroxyl groups is 1. The molecule has 0 aliphatic rings. The lowest BCUT2D eigenvalue weighted by Crippen LogP contribution is -2.40. The molecule has 2 aromatic heterocycles. The molecule has 0 spiro atoms. The number of thiazole rings is 1. The van der Waals surface area contributed by atoms with Crippen molar-refractivity contribution in [1.82, 2.24) is 10.3 Å². The van der Waals surface area contributed by atoms with Gasteiger partial charge < -0.3 is 16.2 Å². The van der Waals surface area contributed by atoms with Crippen LogP contribution in [0.1, 0.15) is 10.5 Å². The third kappa shape index (κ3) is 3.37. The summed E-state index contributed by atoms with van der Waals surface area (Å²) in [4.78, 5) is 26.5. The van der Waals surface area contributed by atoms with E-state index in [0.717, 1.165) is 10.6 Å². The minimum atomic E-state index is -1.39. The molecule has 0 bridgehead atoms. The number of hydrogen-bond acceptors (Lipinski definition) is 6. The van der Waals surface area contributed by atoms with Crippen molar-refractivity contribution in [1.29, 1.82) is 0 Å². The second kappa shape index (κ2) is 5.91. The largest absolute Gasteiger partial charge is 0.381 e. The molecule has 2 amide bonds. The summed E-state index contributed by atoms with van der Waals surface area (Å²) in [6.07, 6.45) is -1.39. The summed E-state index contributed by atoms with van der Waals surface area (Å²) >= 11 is 2.91. The number of aromatic nitrogens is 1. The fourth-order valence-corrected chi connectivity index (χ4v) is 2.79. The predicted octanol–water partition coefficient (Wildman–Crippen LogP) is 0.448. The van der Waals surface area contributed by atoms with Crippen LogP contribution >= 0.6 is 22.7 Å². The minimum absolute atomic E-state index is 0.223. The Bertz CT molecular complexity index is 580. The van der Waals surface area contributed by atoms with Gasteiger partial charge in [0.1, 0.15) is 16.8 Å². The van der Waals surface area contributed by atoms with E-state index in [2.05, 4.69) is 10.3 Å². The average Bonchev–Trinajstić information content (AvgIpc) is 3.04. The van der Waals surface area contributed by atoms with Crippen molar-refractivity contribution >= 4 is 34.5 Å². The molecule has 100 valence electrons. The number of carbonyl (C=O) groups excluding carboxylic acids is 2. The number of thiophene rings is 1. The van der Waals surface area contributed by atoms with Crippen LogP contribution in [0.5, 0.6) is 0 Å². The molecule has 2 rings (SSSR count). The smallest absolute Gasteiger partial charge is 0.270 e. The van der Waals surface area contributed by atoms with Crippen LogP contribution in [-0.2, 0) is 4.79 Å². The lowest BCUT2D eigenvalue weighted by Gasteiger charge is -2.06. The van der Waals surface area contributed by atoms with Gasteiger partial charge in [-0.25, -0.2) is 4.98 Å². The fourth-order valence-electron chi connectivity index (χ4n) is 1.28. The molecule has 1 atom stereocenters. The molecule has 0 aromatic carbocycles. The number of carbonyl (C=O) groups is 2. The summed E-state index contributed by atoms with van der Waals surface area (Å²) in [6, 6.07) is 1.92. The predicted molar refractivity (Wildman–Crippen MR) is 73.0 cm³/mol. The number of nitrogens with two attached hydrogens (primary N) is 1. The van der Waals surface area contributed by atoms with Crippen LogP contribution < -0.4 is 11.1 Å². The summed E-state index contributed by atoms with van der Waals surface area (Å²) in [7, 11) is 0. The standard InChI is InChI=1S/C11H11N3O3S2/c12-9(16)8(15)3-13-10(17)7-5-19-11(14-7)6-1-2-18-4-6/h1-2,4-5,8,15H,3H2,(H2,12,16)(H,13,17). The average molecular weight is 297 g/mol. The van der Waals surface area contributed by atoms with Gasteiger partial charge in [0, 0.05) is 16.3 Å². The zero-order valence-corrected chi connectivity index (χ0v) is 11.3. The first-order valence-corrected chi connectivity index (χ1v) is 7.14. The third-order valence-electron chi connectivity index (χ3n) is 2.29. The molecule has 19 heavy (non-hydrogen) atoms. The molecule has 0 aliphatic heterocycles. The first-order valence-electron chi connectivity index (χ1n) is 5.31. The van der Waals surface area contributed by atoms with E-state index in [-0.39, 0.29) is 12.2 Å². The topological polar surface area (TPSA) is 105 Å². The highest BCUT2D eigenvalue weighted by Crippen LogP contribution is 2.25. The van der Waals surface area contributed by atoms with Crippen molar-refractivity contribution in [2.24, 2.45) is 5.73 Å². The first-order chi connectivity index (χ1) is 9.08. The Balaban J connectivity index is 1.99. The Kier molecular flexibility index (Phi) is 4.25. The number of nitrogens with one attached hydrogen (secondary N) is 1. The normalized spacial score (nSPS) is 12.1. The number of aliphatic hydroxyl groups excluding tert-OH is 1.